The van der Waals surface area contributed by atoms with E-state index in [0.29, 0.717) is 5.69 Å². The molecule has 1 unspecified atom stereocenters. The second-order valence-electron chi connectivity index (χ2n) is 5.62. The minimum atomic E-state index is -1.05. The lowest BCUT2D eigenvalue weighted by Gasteiger charge is -2.18. The molecular formula is C18H20N2O3. The first-order valence-electron chi connectivity index (χ1n) is 7.39. The third-order valence-electron chi connectivity index (χ3n) is 4.01. The first-order valence-corrected chi connectivity index (χ1v) is 7.39. The van der Waals surface area contributed by atoms with Gasteiger partial charge in [0.15, 0.2) is 0 Å². The van der Waals surface area contributed by atoms with Crippen molar-refractivity contribution in [3.63, 3.8) is 0 Å². The Morgan fingerprint density at radius 3 is 2.43 bits per heavy atom. The molecule has 23 heavy (non-hydrogen) atoms. The van der Waals surface area contributed by atoms with Crippen LogP contribution in [0.3, 0.4) is 0 Å². The molecule has 2 rings (SSSR count). The molecule has 0 saturated carbocycles. The van der Waals surface area contributed by atoms with Crippen molar-refractivity contribution >= 4 is 11.9 Å². The second kappa shape index (κ2) is 6.60. The molecule has 2 N–H and O–H groups in total. The highest BCUT2D eigenvalue weighted by Gasteiger charge is 2.16. The summed E-state index contributed by atoms with van der Waals surface area (Å²) in [6.07, 6.45) is 0. The van der Waals surface area contributed by atoms with Gasteiger partial charge in [-0.15, -0.1) is 0 Å². The molecule has 0 aliphatic heterocycles. The van der Waals surface area contributed by atoms with Gasteiger partial charge in [0.2, 0.25) is 0 Å². The Morgan fingerprint density at radius 1 is 1.13 bits per heavy atom. The fourth-order valence-electron chi connectivity index (χ4n) is 2.50. The molecule has 0 bridgehead atoms. The largest absolute Gasteiger partial charge is 0.478 e. The Morgan fingerprint density at radius 2 is 1.83 bits per heavy atom. The summed E-state index contributed by atoms with van der Waals surface area (Å²) in [4.78, 5) is 27.4. The Bertz CT molecular complexity index is 769. The zero-order valence-corrected chi connectivity index (χ0v) is 13.7. The molecule has 120 valence electrons. The molecule has 0 spiro atoms. The van der Waals surface area contributed by atoms with Crippen molar-refractivity contribution in [3.8, 4) is 0 Å². The smallest absolute Gasteiger partial charge is 0.337 e. The molecule has 1 atom stereocenters. The number of carbonyl (C=O) groups excluding carboxylic acids is 1. The molecule has 0 saturated heterocycles. The fourth-order valence-corrected chi connectivity index (χ4v) is 2.50. The third kappa shape index (κ3) is 3.56. The summed E-state index contributed by atoms with van der Waals surface area (Å²) in [7, 11) is 0. The predicted molar refractivity (Wildman–Crippen MR) is 87.7 cm³/mol. The molecule has 1 amide bonds. The van der Waals surface area contributed by atoms with Crippen LogP contribution < -0.4 is 5.32 Å². The van der Waals surface area contributed by atoms with Crippen LogP contribution in [0.1, 0.15) is 56.2 Å². The Balaban J connectivity index is 2.20. The molecule has 0 radical (unpaired) electrons. The number of carbonyl (C=O) groups is 2. The number of hydrogen-bond donors (Lipinski definition) is 2. The van der Waals surface area contributed by atoms with Gasteiger partial charge in [0.05, 0.1) is 17.3 Å². The summed E-state index contributed by atoms with van der Waals surface area (Å²) in [5, 5.41) is 11.9. The molecule has 0 aliphatic carbocycles. The lowest BCUT2D eigenvalue weighted by molar-refractivity contribution is 0.0694. The minimum Gasteiger partial charge on any atom is -0.478 e. The molecule has 1 aromatic heterocycles. The van der Waals surface area contributed by atoms with Gasteiger partial charge in [-0.25, -0.2) is 9.78 Å². The van der Waals surface area contributed by atoms with E-state index in [1.165, 1.54) is 17.7 Å². The van der Waals surface area contributed by atoms with Gasteiger partial charge in [-0.3, -0.25) is 4.79 Å². The Hall–Kier alpha value is -2.69. The number of pyridine rings is 1. The number of carboxylic acid groups (broad SMARTS) is 1. The summed E-state index contributed by atoms with van der Waals surface area (Å²) >= 11 is 0. The normalized spacial score (nSPS) is 11.8. The van der Waals surface area contributed by atoms with E-state index in [2.05, 4.69) is 10.3 Å². The number of rotatable bonds is 4. The van der Waals surface area contributed by atoms with E-state index in [0.717, 1.165) is 11.1 Å². The van der Waals surface area contributed by atoms with E-state index < -0.39 is 5.97 Å². The van der Waals surface area contributed by atoms with Crippen LogP contribution in [0.25, 0.3) is 0 Å². The lowest BCUT2D eigenvalue weighted by Crippen LogP contribution is -2.28. The molecule has 5 heteroatoms. The van der Waals surface area contributed by atoms with Crippen LogP contribution in [0.2, 0.25) is 0 Å². The summed E-state index contributed by atoms with van der Waals surface area (Å²) in [6.45, 7) is 7.55. The molecule has 5 nitrogen and oxygen atoms in total. The quantitative estimate of drug-likeness (QED) is 0.908. The SMILES string of the molecule is Cc1cccc(C(C)NC(=O)c2ccc(C(=O)O)c(C)n2)c1C. The van der Waals surface area contributed by atoms with Crippen LogP contribution >= 0.6 is 0 Å². The van der Waals surface area contributed by atoms with E-state index >= 15 is 0 Å². The Kier molecular flexibility index (Phi) is 4.79. The van der Waals surface area contributed by atoms with Crippen molar-refractivity contribution in [3.05, 3.63) is 64.0 Å². The van der Waals surface area contributed by atoms with Crippen LogP contribution in [0, 0.1) is 20.8 Å². The van der Waals surface area contributed by atoms with E-state index in [9.17, 15) is 9.59 Å². The van der Waals surface area contributed by atoms with Crippen molar-refractivity contribution in [2.75, 3.05) is 0 Å². The molecule has 1 aromatic carbocycles. The van der Waals surface area contributed by atoms with E-state index in [-0.39, 0.29) is 23.2 Å². The zero-order chi connectivity index (χ0) is 17.1. The van der Waals surface area contributed by atoms with Gasteiger partial charge >= 0.3 is 5.97 Å². The summed E-state index contributed by atoms with van der Waals surface area (Å²) < 4.78 is 0. The average Bonchev–Trinajstić information content (AvgIpc) is 2.49. The van der Waals surface area contributed by atoms with Crippen LogP contribution in [0.5, 0.6) is 0 Å². The molecule has 0 fully saturated rings. The number of amides is 1. The monoisotopic (exact) mass is 312 g/mol. The van der Waals surface area contributed by atoms with Gasteiger partial charge in [0, 0.05) is 0 Å². The number of nitrogens with zero attached hydrogens (tertiary/aromatic N) is 1. The number of nitrogens with one attached hydrogen (secondary N) is 1. The predicted octanol–water partition coefficient (Wildman–Crippen LogP) is 3.20. The molecular weight excluding hydrogens is 292 g/mol. The highest BCUT2D eigenvalue weighted by Crippen LogP contribution is 2.20. The van der Waals surface area contributed by atoms with E-state index in [1.807, 2.05) is 39.0 Å². The molecule has 0 aliphatic rings. The highest BCUT2D eigenvalue weighted by atomic mass is 16.4. The lowest BCUT2D eigenvalue weighted by atomic mass is 9.98. The molecule has 1 heterocycles. The Labute approximate surface area is 135 Å². The second-order valence-corrected chi connectivity index (χ2v) is 5.62. The maximum atomic E-state index is 12.3. The number of aromatic carboxylic acids is 1. The van der Waals surface area contributed by atoms with Gasteiger partial charge in [0.1, 0.15) is 5.69 Å². The summed E-state index contributed by atoms with van der Waals surface area (Å²) in [6, 6.07) is 8.65. The first kappa shape index (κ1) is 16.7. The van der Waals surface area contributed by atoms with Crippen molar-refractivity contribution in [1.82, 2.24) is 10.3 Å². The van der Waals surface area contributed by atoms with Gasteiger partial charge in [-0.05, 0) is 56.5 Å². The van der Waals surface area contributed by atoms with Crippen LogP contribution in [-0.4, -0.2) is 22.0 Å². The summed E-state index contributed by atoms with van der Waals surface area (Å²) in [5.41, 5.74) is 4.00. The van der Waals surface area contributed by atoms with E-state index in [1.54, 1.807) is 6.92 Å². The number of aryl methyl sites for hydroxylation is 2. The van der Waals surface area contributed by atoms with Crippen LogP contribution in [0.4, 0.5) is 0 Å². The third-order valence-corrected chi connectivity index (χ3v) is 4.01. The number of hydrogen-bond acceptors (Lipinski definition) is 3. The van der Waals surface area contributed by atoms with Gasteiger partial charge in [0.25, 0.3) is 5.91 Å². The minimum absolute atomic E-state index is 0.101. The number of benzene rings is 1. The molecule has 2 aromatic rings. The highest BCUT2D eigenvalue weighted by molar-refractivity contribution is 5.94. The average molecular weight is 312 g/mol. The maximum absolute atomic E-state index is 12.3. The standard InChI is InChI=1S/C18H20N2O3/c1-10-6-5-7-14(11(10)2)12(3)20-17(21)16-9-8-15(18(22)23)13(4)19-16/h5-9,12H,1-4H3,(H,20,21)(H,22,23). The van der Waals surface area contributed by atoms with Crippen LogP contribution in [-0.2, 0) is 0 Å². The number of aromatic nitrogens is 1. The van der Waals surface area contributed by atoms with Gasteiger partial charge in [-0.1, -0.05) is 18.2 Å². The van der Waals surface area contributed by atoms with Crippen molar-refractivity contribution in [1.29, 1.82) is 0 Å². The van der Waals surface area contributed by atoms with Crippen LogP contribution in [0.15, 0.2) is 30.3 Å². The maximum Gasteiger partial charge on any atom is 0.337 e. The first-order chi connectivity index (χ1) is 10.8. The van der Waals surface area contributed by atoms with Crippen molar-refractivity contribution in [2.24, 2.45) is 0 Å². The van der Waals surface area contributed by atoms with Crippen molar-refractivity contribution in [2.45, 2.75) is 33.7 Å². The van der Waals surface area contributed by atoms with E-state index in [4.69, 9.17) is 5.11 Å². The zero-order valence-electron chi connectivity index (χ0n) is 13.7. The topological polar surface area (TPSA) is 79.3 Å². The van der Waals surface area contributed by atoms with Gasteiger partial charge < -0.3 is 10.4 Å². The number of carboxylic acids is 1. The summed E-state index contributed by atoms with van der Waals surface area (Å²) in [5.74, 6) is -1.37. The fraction of sp³-hybridized carbons (Fsp3) is 0.278. The van der Waals surface area contributed by atoms with Crippen molar-refractivity contribution < 1.29 is 14.7 Å². The van der Waals surface area contributed by atoms with Gasteiger partial charge in [-0.2, -0.15) is 0 Å².